The van der Waals surface area contributed by atoms with E-state index in [-0.39, 0.29) is 11.8 Å². The Hall–Kier alpha value is -2.70. The molecule has 0 aliphatic heterocycles. The second-order valence-corrected chi connectivity index (χ2v) is 5.36. The molecule has 0 fully saturated rings. The standard InChI is InChI=1S/C15H17N5O2/c1-10(2)13-12-7-11(8-18-15(12)22-19-13)14(21)17-4-6-20-5-3-16-9-20/h3,5,7-10H,4,6H2,1-2H3,(H,17,21). The molecule has 3 aromatic rings. The van der Waals surface area contributed by atoms with Gasteiger partial charge in [0.1, 0.15) is 0 Å². The van der Waals surface area contributed by atoms with Crippen LogP contribution in [-0.4, -0.2) is 32.1 Å². The molecule has 3 heterocycles. The summed E-state index contributed by atoms with van der Waals surface area (Å²) in [5, 5.41) is 7.67. The number of carbonyl (C=O) groups excluding carboxylic acids is 1. The summed E-state index contributed by atoms with van der Waals surface area (Å²) in [6.07, 6.45) is 6.78. The van der Waals surface area contributed by atoms with Crippen molar-refractivity contribution in [3.05, 3.63) is 42.2 Å². The molecule has 1 N–H and O–H groups in total. The van der Waals surface area contributed by atoms with E-state index in [2.05, 4.69) is 20.4 Å². The lowest BCUT2D eigenvalue weighted by Gasteiger charge is -2.06. The summed E-state index contributed by atoms with van der Waals surface area (Å²) >= 11 is 0. The van der Waals surface area contributed by atoms with Crippen LogP contribution in [0.15, 0.2) is 35.5 Å². The highest BCUT2D eigenvalue weighted by atomic mass is 16.5. The number of hydrogen-bond acceptors (Lipinski definition) is 5. The zero-order chi connectivity index (χ0) is 15.5. The van der Waals surface area contributed by atoms with Gasteiger partial charge in [-0.2, -0.15) is 0 Å². The first-order valence-corrected chi connectivity index (χ1v) is 7.14. The lowest BCUT2D eigenvalue weighted by Crippen LogP contribution is -2.27. The van der Waals surface area contributed by atoms with Gasteiger partial charge in [-0.25, -0.2) is 9.97 Å². The van der Waals surface area contributed by atoms with Gasteiger partial charge in [0.2, 0.25) is 0 Å². The third-order valence-electron chi connectivity index (χ3n) is 3.38. The summed E-state index contributed by atoms with van der Waals surface area (Å²) < 4.78 is 7.07. The number of rotatable bonds is 5. The highest BCUT2D eigenvalue weighted by Crippen LogP contribution is 2.23. The van der Waals surface area contributed by atoms with E-state index in [9.17, 15) is 4.79 Å². The molecule has 3 rings (SSSR count). The first-order valence-electron chi connectivity index (χ1n) is 7.14. The first-order chi connectivity index (χ1) is 10.6. The van der Waals surface area contributed by atoms with Crippen LogP contribution in [-0.2, 0) is 6.54 Å². The summed E-state index contributed by atoms with van der Waals surface area (Å²) in [6.45, 7) is 5.24. The minimum atomic E-state index is -0.162. The molecular weight excluding hydrogens is 282 g/mol. The quantitative estimate of drug-likeness (QED) is 0.778. The SMILES string of the molecule is CC(C)c1noc2ncc(C(=O)NCCn3ccnc3)cc12. The topological polar surface area (TPSA) is 85.8 Å². The third-order valence-corrected chi connectivity index (χ3v) is 3.38. The Kier molecular flexibility index (Phi) is 3.86. The van der Waals surface area contributed by atoms with Gasteiger partial charge in [-0.05, 0) is 12.0 Å². The van der Waals surface area contributed by atoms with Gasteiger partial charge in [-0.1, -0.05) is 19.0 Å². The minimum absolute atomic E-state index is 0.162. The Morgan fingerprint density at radius 3 is 3.05 bits per heavy atom. The Morgan fingerprint density at radius 2 is 2.32 bits per heavy atom. The number of nitrogens with zero attached hydrogens (tertiary/aromatic N) is 4. The highest BCUT2D eigenvalue weighted by molar-refractivity contribution is 5.97. The van der Waals surface area contributed by atoms with E-state index in [1.807, 2.05) is 24.6 Å². The maximum atomic E-state index is 12.2. The number of amides is 1. The molecule has 0 aliphatic rings. The van der Waals surface area contributed by atoms with Gasteiger partial charge in [-0.3, -0.25) is 4.79 Å². The van der Waals surface area contributed by atoms with E-state index >= 15 is 0 Å². The molecule has 0 radical (unpaired) electrons. The van der Waals surface area contributed by atoms with Crippen LogP contribution in [0.4, 0.5) is 0 Å². The van der Waals surface area contributed by atoms with Crippen LogP contribution in [0.1, 0.15) is 35.8 Å². The van der Waals surface area contributed by atoms with E-state index < -0.39 is 0 Å². The molecule has 0 aromatic carbocycles. The molecule has 7 heteroatoms. The zero-order valence-electron chi connectivity index (χ0n) is 12.5. The summed E-state index contributed by atoms with van der Waals surface area (Å²) in [7, 11) is 0. The van der Waals surface area contributed by atoms with Crippen molar-refractivity contribution in [2.75, 3.05) is 6.54 Å². The van der Waals surface area contributed by atoms with Crippen molar-refractivity contribution >= 4 is 17.0 Å². The molecular formula is C15H17N5O2. The first kappa shape index (κ1) is 14.2. The average molecular weight is 299 g/mol. The van der Waals surface area contributed by atoms with Crippen LogP contribution >= 0.6 is 0 Å². The highest BCUT2D eigenvalue weighted by Gasteiger charge is 2.15. The normalized spacial score (nSPS) is 11.2. The number of carbonyl (C=O) groups is 1. The summed E-state index contributed by atoms with van der Waals surface area (Å²) in [5.41, 5.74) is 1.78. The van der Waals surface area contributed by atoms with E-state index in [1.54, 1.807) is 18.6 Å². The summed E-state index contributed by atoms with van der Waals surface area (Å²) in [6, 6.07) is 1.78. The molecule has 22 heavy (non-hydrogen) atoms. The largest absolute Gasteiger partial charge is 0.350 e. The van der Waals surface area contributed by atoms with E-state index in [0.717, 1.165) is 11.1 Å². The maximum Gasteiger partial charge on any atom is 0.257 e. The molecule has 3 aromatic heterocycles. The van der Waals surface area contributed by atoms with Gasteiger partial charge in [0.05, 0.1) is 23.0 Å². The van der Waals surface area contributed by atoms with Gasteiger partial charge >= 0.3 is 0 Å². The molecule has 0 atom stereocenters. The van der Waals surface area contributed by atoms with Crippen LogP contribution in [0.5, 0.6) is 0 Å². The maximum absolute atomic E-state index is 12.2. The number of nitrogens with one attached hydrogen (secondary N) is 1. The summed E-state index contributed by atoms with van der Waals surface area (Å²) in [4.78, 5) is 20.3. The van der Waals surface area contributed by atoms with Crippen molar-refractivity contribution < 1.29 is 9.32 Å². The molecule has 0 saturated heterocycles. The molecule has 0 bridgehead atoms. The van der Waals surface area contributed by atoms with Crippen molar-refractivity contribution in [1.82, 2.24) is 25.0 Å². The summed E-state index contributed by atoms with van der Waals surface area (Å²) in [5.74, 6) is 0.0491. The number of aromatic nitrogens is 4. The number of pyridine rings is 1. The zero-order valence-corrected chi connectivity index (χ0v) is 12.5. The van der Waals surface area contributed by atoms with Crippen molar-refractivity contribution in [3.8, 4) is 0 Å². The lowest BCUT2D eigenvalue weighted by atomic mass is 10.1. The smallest absolute Gasteiger partial charge is 0.257 e. The van der Waals surface area contributed by atoms with Crippen molar-refractivity contribution in [3.63, 3.8) is 0 Å². The molecule has 114 valence electrons. The van der Waals surface area contributed by atoms with Crippen molar-refractivity contribution in [2.45, 2.75) is 26.3 Å². The third kappa shape index (κ3) is 2.83. The van der Waals surface area contributed by atoms with Crippen molar-refractivity contribution in [2.24, 2.45) is 0 Å². The lowest BCUT2D eigenvalue weighted by molar-refractivity contribution is 0.0952. The fourth-order valence-electron chi connectivity index (χ4n) is 2.21. The fourth-order valence-corrected chi connectivity index (χ4v) is 2.21. The average Bonchev–Trinajstić information content (AvgIpc) is 3.15. The number of imidazole rings is 1. The van der Waals surface area contributed by atoms with Gasteiger partial charge < -0.3 is 14.4 Å². The van der Waals surface area contributed by atoms with Crippen LogP contribution in [0.3, 0.4) is 0 Å². The van der Waals surface area contributed by atoms with Gasteiger partial charge in [0.15, 0.2) is 0 Å². The van der Waals surface area contributed by atoms with Crippen LogP contribution in [0.25, 0.3) is 11.1 Å². The molecule has 7 nitrogen and oxygen atoms in total. The predicted molar refractivity (Wildman–Crippen MR) is 80.5 cm³/mol. The Labute approximate surface area is 127 Å². The van der Waals surface area contributed by atoms with Crippen LogP contribution < -0.4 is 5.32 Å². The van der Waals surface area contributed by atoms with Gasteiger partial charge in [0, 0.05) is 31.7 Å². The Balaban J connectivity index is 1.71. The van der Waals surface area contributed by atoms with Crippen molar-refractivity contribution in [1.29, 1.82) is 0 Å². The second-order valence-electron chi connectivity index (χ2n) is 5.36. The fraction of sp³-hybridized carbons (Fsp3) is 0.333. The van der Waals surface area contributed by atoms with Crippen LogP contribution in [0, 0.1) is 0 Å². The van der Waals surface area contributed by atoms with Gasteiger partial charge in [0.25, 0.3) is 11.6 Å². The number of hydrogen-bond donors (Lipinski definition) is 1. The molecule has 1 amide bonds. The molecule has 0 unspecified atom stereocenters. The molecule has 0 spiro atoms. The predicted octanol–water partition coefficient (Wildman–Crippen LogP) is 1.97. The molecule has 0 aliphatic carbocycles. The van der Waals surface area contributed by atoms with Gasteiger partial charge in [-0.15, -0.1) is 0 Å². The Bertz CT molecular complexity index is 776. The minimum Gasteiger partial charge on any atom is -0.350 e. The monoisotopic (exact) mass is 299 g/mol. The van der Waals surface area contributed by atoms with E-state index in [4.69, 9.17) is 4.52 Å². The van der Waals surface area contributed by atoms with Crippen LogP contribution in [0.2, 0.25) is 0 Å². The number of fused-ring (bicyclic) bond motifs is 1. The molecule has 0 saturated carbocycles. The van der Waals surface area contributed by atoms with E-state index in [0.29, 0.717) is 24.4 Å². The Morgan fingerprint density at radius 1 is 1.45 bits per heavy atom. The second kappa shape index (κ2) is 5.97. The van der Waals surface area contributed by atoms with E-state index in [1.165, 1.54) is 6.20 Å².